The van der Waals surface area contributed by atoms with E-state index in [0.717, 1.165) is 19.3 Å². The standard InChI is InChI=1S/C19H20F4N2O2/c20-14-2-1-12(19(21,22)23)6-13(14)16(26)25-15-11-4-9-3-10(5-11)8-18(15,7-9)17(24)27/h1-2,6,9-11,15H,3-5,7-8H2,(H2,24,27)(H,25,26). The second-order valence-corrected chi connectivity index (χ2v) is 8.27. The first kappa shape index (κ1) is 18.3. The topological polar surface area (TPSA) is 72.2 Å². The number of carbonyl (C=O) groups is 2. The number of benzene rings is 1. The summed E-state index contributed by atoms with van der Waals surface area (Å²) in [6.45, 7) is 0. The molecule has 0 saturated heterocycles. The van der Waals surface area contributed by atoms with Crippen LogP contribution >= 0.6 is 0 Å². The van der Waals surface area contributed by atoms with Gasteiger partial charge in [-0.1, -0.05) is 0 Å². The van der Waals surface area contributed by atoms with Gasteiger partial charge in [0.1, 0.15) is 5.82 Å². The average molecular weight is 384 g/mol. The Labute approximate surface area is 153 Å². The molecular formula is C19H20F4N2O2. The largest absolute Gasteiger partial charge is 0.416 e. The molecule has 4 bridgehead atoms. The smallest absolute Gasteiger partial charge is 0.369 e. The highest BCUT2D eigenvalue weighted by Crippen LogP contribution is 2.60. The molecule has 8 heteroatoms. The highest BCUT2D eigenvalue weighted by molar-refractivity contribution is 5.95. The lowest BCUT2D eigenvalue weighted by atomic mass is 9.47. The quantitative estimate of drug-likeness (QED) is 0.786. The third-order valence-corrected chi connectivity index (χ3v) is 6.63. The summed E-state index contributed by atoms with van der Waals surface area (Å²) in [5.74, 6) is -1.64. The predicted molar refractivity (Wildman–Crippen MR) is 87.8 cm³/mol. The lowest BCUT2D eigenvalue weighted by molar-refractivity contribution is -0.148. The number of rotatable bonds is 3. The van der Waals surface area contributed by atoms with Gasteiger partial charge in [-0.2, -0.15) is 13.2 Å². The summed E-state index contributed by atoms with van der Waals surface area (Å²) in [5, 5.41) is 2.67. The van der Waals surface area contributed by atoms with E-state index in [0.29, 0.717) is 42.9 Å². The highest BCUT2D eigenvalue weighted by Gasteiger charge is 2.60. The van der Waals surface area contributed by atoms with Crippen LogP contribution in [-0.2, 0) is 11.0 Å². The number of nitrogens with two attached hydrogens (primary N) is 1. The fourth-order valence-corrected chi connectivity index (χ4v) is 5.75. The van der Waals surface area contributed by atoms with Crippen molar-refractivity contribution < 1.29 is 27.2 Å². The van der Waals surface area contributed by atoms with Crippen molar-refractivity contribution in [2.75, 3.05) is 0 Å². The first-order valence-corrected chi connectivity index (χ1v) is 9.07. The molecule has 1 aromatic rings. The molecule has 0 heterocycles. The third kappa shape index (κ3) is 2.89. The Morgan fingerprint density at radius 3 is 2.30 bits per heavy atom. The molecule has 3 N–H and O–H groups in total. The maximum atomic E-state index is 14.1. The Morgan fingerprint density at radius 1 is 1.11 bits per heavy atom. The van der Waals surface area contributed by atoms with Crippen LogP contribution in [0.2, 0.25) is 0 Å². The molecule has 3 atom stereocenters. The minimum absolute atomic E-state index is 0.0431. The molecule has 4 saturated carbocycles. The molecule has 0 aliphatic heterocycles. The fourth-order valence-electron chi connectivity index (χ4n) is 5.75. The second-order valence-electron chi connectivity index (χ2n) is 8.27. The molecule has 0 spiro atoms. The molecule has 4 aliphatic rings. The Kier molecular flexibility index (Phi) is 4.01. The normalized spacial score (nSPS) is 34.5. The van der Waals surface area contributed by atoms with E-state index >= 15 is 0 Å². The van der Waals surface area contributed by atoms with E-state index in [1.165, 1.54) is 0 Å². The first-order chi connectivity index (χ1) is 12.6. The van der Waals surface area contributed by atoms with Crippen LogP contribution in [0, 0.1) is 29.0 Å². The average Bonchev–Trinajstić information content (AvgIpc) is 2.56. The summed E-state index contributed by atoms with van der Waals surface area (Å²) >= 11 is 0. The van der Waals surface area contributed by atoms with Crippen molar-refractivity contribution in [2.45, 2.75) is 44.3 Å². The Hall–Kier alpha value is -2.12. The van der Waals surface area contributed by atoms with Crippen molar-refractivity contribution in [1.29, 1.82) is 0 Å². The number of amides is 2. The molecule has 2 amide bonds. The summed E-state index contributed by atoms with van der Waals surface area (Å²) in [7, 11) is 0. The van der Waals surface area contributed by atoms with Gasteiger partial charge < -0.3 is 11.1 Å². The number of hydrogen-bond donors (Lipinski definition) is 2. The van der Waals surface area contributed by atoms with E-state index in [-0.39, 0.29) is 5.92 Å². The van der Waals surface area contributed by atoms with Gasteiger partial charge in [0.15, 0.2) is 0 Å². The van der Waals surface area contributed by atoms with Crippen LogP contribution in [0.1, 0.15) is 48.0 Å². The zero-order chi connectivity index (χ0) is 19.6. The van der Waals surface area contributed by atoms with Gasteiger partial charge in [0.05, 0.1) is 16.5 Å². The molecule has 3 unspecified atom stereocenters. The van der Waals surface area contributed by atoms with Crippen LogP contribution in [0.5, 0.6) is 0 Å². The summed E-state index contributed by atoms with van der Waals surface area (Å²) < 4.78 is 52.8. The second kappa shape index (κ2) is 5.94. The summed E-state index contributed by atoms with van der Waals surface area (Å²) in [6, 6.07) is 1.18. The van der Waals surface area contributed by atoms with E-state index in [9.17, 15) is 27.2 Å². The van der Waals surface area contributed by atoms with E-state index in [2.05, 4.69) is 5.32 Å². The van der Waals surface area contributed by atoms with Gasteiger partial charge in [-0.15, -0.1) is 0 Å². The van der Waals surface area contributed by atoms with Crippen molar-refractivity contribution in [2.24, 2.45) is 28.9 Å². The maximum absolute atomic E-state index is 14.1. The molecule has 4 nitrogen and oxygen atoms in total. The van der Waals surface area contributed by atoms with Gasteiger partial charge >= 0.3 is 6.18 Å². The van der Waals surface area contributed by atoms with Gasteiger partial charge in [-0.25, -0.2) is 4.39 Å². The predicted octanol–water partition coefficient (Wildman–Crippen LogP) is 3.25. The van der Waals surface area contributed by atoms with Crippen LogP contribution in [0.25, 0.3) is 0 Å². The van der Waals surface area contributed by atoms with Gasteiger partial charge in [-0.3, -0.25) is 9.59 Å². The van der Waals surface area contributed by atoms with Crippen molar-refractivity contribution in [1.82, 2.24) is 5.32 Å². The van der Waals surface area contributed by atoms with E-state index < -0.39 is 46.4 Å². The van der Waals surface area contributed by atoms with Crippen LogP contribution in [0.4, 0.5) is 17.6 Å². The van der Waals surface area contributed by atoms with Gasteiger partial charge in [-0.05, 0) is 68.1 Å². The molecule has 4 fully saturated rings. The van der Waals surface area contributed by atoms with Gasteiger partial charge in [0.2, 0.25) is 5.91 Å². The molecule has 0 aromatic heterocycles. The Bertz CT molecular complexity index is 793. The zero-order valence-corrected chi connectivity index (χ0v) is 14.5. The molecule has 0 radical (unpaired) electrons. The molecule has 146 valence electrons. The minimum atomic E-state index is -4.68. The SMILES string of the molecule is NC(=O)C12CC3CC(CC(C3)C1NC(=O)c1cc(C(F)(F)F)ccc1F)C2. The van der Waals surface area contributed by atoms with E-state index in [4.69, 9.17) is 5.73 Å². The third-order valence-electron chi connectivity index (χ3n) is 6.63. The summed E-state index contributed by atoms with van der Waals surface area (Å²) in [6.07, 6.45) is -0.784. The van der Waals surface area contributed by atoms with Gasteiger partial charge in [0.25, 0.3) is 5.91 Å². The monoisotopic (exact) mass is 384 g/mol. The van der Waals surface area contributed by atoms with Crippen molar-refractivity contribution in [3.05, 3.63) is 35.1 Å². The number of nitrogens with one attached hydrogen (secondary N) is 1. The molecule has 5 rings (SSSR count). The minimum Gasteiger partial charge on any atom is -0.369 e. The first-order valence-electron chi connectivity index (χ1n) is 9.07. The zero-order valence-electron chi connectivity index (χ0n) is 14.5. The van der Waals surface area contributed by atoms with Crippen LogP contribution < -0.4 is 11.1 Å². The van der Waals surface area contributed by atoms with Crippen LogP contribution in [0.15, 0.2) is 18.2 Å². The summed E-state index contributed by atoms with van der Waals surface area (Å²) in [5.41, 5.74) is 3.05. The Balaban J connectivity index is 1.64. The van der Waals surface area contributed by atoms with Crippen LogP contribution in [0.3, 0.4) is 0 Å². The van der Waals surface area contributed by atoms with E-state index in [1.807, 2.05) is 0 Å². The van der Waals surface area contributed by atoms with Crippen molar-refractivity contribution >= 4 is 11.8 Å². The summed E-state index contributed by atoms with van der Waals surface area (Å²) in [4.78, 5) is 24.9. The maximum Gasteiger partial charge on any atom is 0.416 e. The number of primary amides is 1. The lowest BCUT2D eigenvalue weighted by Gasteiger charge is -2.59. The Morgan fingerprint density at radius 2 is 1.74 bits per heavy atom. The molecule has 1 aromatic carbocycles. The molecular weight excluding hydrogens is 364 g/mol. The van der Waals surface area contributed by atoms with Crippen molar-refractivity contribution in [3.8, 4) is 0 Å². The fraction of sp³-hybridized carbons (Fsp3) is 0.579. The number of hydrogen-bond acceptors (Lipinski definition) is 2. The van der Waals surface area contributed by atoms with Crippen LogP contribution in [-0.4, -0.2) is 17.9 Å². The molecule has 4 aliphatic carbocycles. The van der Waals surface area contributed by atoms with Crippen molar-refractivity contribution in [3.63, 3.8) is 0 Å². The highest BCUT2D eigenvalue weighted by atomic mass is 19.4. The van der Waals surface area contributed by atoms with Gasteiger partial charge in [0, 0.05) is 6.04 Å². The number of carbonyl (C=O) groups excluding carboxylic acids is 2. The van der Waals surface area contributed by atoms with E-state index in [1.54, 1.807) is 0 Å². The lowest BCUT2D eigenvalue weighted by Crippen LogP contribution is -2.66. The number of halogens is 4. The molecule has 27 heavy (non-hydrogen) atoms. The number of alkyl halides is 3.